The van der Waals surface area contributed by atoms with Crippen molar-refractivity contribution in [3.8, 4) is 0 Å². The molecule has 0 spiro atoms. The minimum atomic E-state index is -1.15. The molecule has 2 heterocycles. The summed E-state index contributed by atoms with van der Waals surface area (Å²) in [5.41, 5.74) is -1.15. The van der Waals surface area contributed by atoms with Gasteiger partial charge in [-0.15, -0.1) is 0 Å². The van der Waals surface area contributed by atoms with Gasteiger partial charge in [0, 0.05) is 39.1 Å². The van der Waals surface area contributed by atoms with E-state index in [1.807, 2.05) is 0 Å². The molecule has 2 saturated heterocycles. The van der Waals surface area contributed by atoms with Crippen molar-refractivity contribution >= 4 is 11.9 Å². The smallest absolute Gasteiger partial charge is 0.329 e. The van der Waals surface area contributed by atoms with E-state index in [4.69, 9.17) is 9.47 Å². The van der Waals surface area contributed by atoms with Crippen molar-refractivity contribution in [2.24, 2.45) is 0 Å². The summed E-state index contributed by atoms with van der Waals surface area (Å²) in [5, 5.41) is 12.0. The van der Waals surface area contributed by atoms with Crippen molar-refractivity contribution < 1.29 is 24.2 Å². The fourth-order valence-corrected chi connectivity index (χ4v) is 2.61. The minimum absolute atomic E-state index is 0.154. The molecule has 0 saturated carbocycles. The standard InChI is InChI=1S/C13H21NO5/c15-11(4-3-10-2-1-7-19-10)14-13(12(16)17)5-8-18-9-6-13/h10H,1-9H2,(H,14,15)(H,16,17). The van der Waals surface area contributed by atoms with E-state index in [2.05, 4.69) is 5.32 Å². The Hall–Kier alpha value is -1.14. The van der Waals surface area contributed by atoms with Gasteiger partial charge in [-0.2, -0.15) is 0 Å². The number of hydrogen-bond acceptors (Lipinski definition) is 4. The highest BCUT2D eigenvalue weighted by Crippen LogP contribution is 2.22. The van der Waals surface area contributed by atoms with Crippen LogP contribution in [0.5, 0.6) is 0 Å². The summed E-state index contributed by atoms with van der Waals surface area (Å²) in [5.74, 6) is -1.18. The zero-order valence-corrected chi connectivity index (χ0v) is 11.0. The Morgan fingerprint density at radius 1 is 1.26 bits per heavy atom. The molecule has 1 amide bonds. The number of nitrogens with one attached hydrogen (secondary N) is 1. The molecule has 2 aliphatic heterocycles. The quantitative estimate of drug-likeness (QED) is 0.768. The molecule has 0 aliphatic carbocycles. The van der Waals surface area contributed by atoms with Gasteiger partial charge in [-0.1, -0.05) is 0 Å². The van der Waals surface area contributed by atoms with Crippen LogP contribution in [0.1, 0.15) is 38.5 Å². The van der Waals surface area contributed by atoms with Crippen LogP contribution < -0.4 is 5.32 Å². The van der Waals surface area contributed by atoms with E-state index in [1.54, 1.807) is 0 Å². The van der Waals surface area contributed by atoms with Gasteiger partial charge in [0.25, 0.3) is 0 Å². The van der Waals surface area contributed by atoms with Gasteiger partial charge in [0.15, 0.2) is 0 Å². The van der Waals surface area contributed by atoms with Crippen molar-refractivity contribution in [3.63, 3.8) is 0 Å². The average molecular weight is 271 g/mol. The Balaban J connectivity index is 1.82. The SMILES string of the molecule is O=C(CCC1CCCO1)NC1(C(=O)O)CCOCC1. The first-order chi connectivity index (χ1) is 9.12. The van der Waals surface area contributed by atoms with Gasteiger partial charge >= 0.3 is 5.97 Å². The highest BCUT2D eigenvalue weighted by Gasteiger charge is 2.41. The zero-order valence-electron chi connectivity index (χ0n) is 11.0. The van der Waals surface area contributed by atoms with Gasteiger partial charge < -0.3 is 19.9 Å². The predicted molar refractivity (Wildman–Crippen MR) is 66.8 cm³/mol. The van der Waals surface area contributed by atoms with Gasteiger partial charge in [0.05, 0.1) is 6.10 Å². The van der Waals surface area contributed by atoms with E-state index in [0.29, 0.717) is 38.9 Å². The molecule has 0 radical (unpaired) electrons. The number of aliphatic carboxylic acids is 1. The number of ether oxygens (including phenoxy) is 2. The van der Waals surface area contributed by atoms with E-state index >= 15 is 0 Å². The van der Waals surface area contributed by atoms with Gasteiger partial charge in [-0.3, -0.25) is 4.79 Å². The summed E-state index contributed by atoms with van der Waals surface area (Å²) in [6.07, 6.45) is 3.83. The van der Waals surface area contributed by atoms with Crippen LogP contribution in [0, 0.1) is 0 Å². The van der Waals surface area contributed by atoms with Gasteiger partial charge in [-0.25, -0.2) is 4.79 Å². The van der Waals surface area contributed by atoms with Crippen LogP contribution in [0.4, 0.5) is 0 Å². The van der Waals surface area contributed by atoms with Crippen LogP contribution in [0.15, 0.2) is 0 Å². The lowest BCUT2D eigenvalue weighted by Crippen LogP contribution is -2.57. The fourth-order valence-electron chi connectivity index (χ4n) is 2.61. The number of rotatable bonds is 5. The van der Waals surface area contributed by atoms with E-state index in [9.17, 15) is 14.7 Å². The molecule has 2 fully saturated rings. The van der Waals surface area contributed by atoms with Crippen molar-refractivity contribution in [3.05, 3.63) is 0 Å². The van der Waals surface area contributed by atoms with Crippen molar-refractivity contribution in [1.82, 2.24) is 5.32 Å². The zero-order chi connectivity index (χ0) is 13.7. The van der Waals surface area contributed by atoms with Crippen molar-refractivity contribution in [1.29, 1.82) is 0 Å². The molecule has 1 unspecified atom stereocenters. The van der Waals surface area contributed by atoms with E-state index in [-0.39, 0.29) is 12.0 Å². The second-order valence-electron chi connectivity index (χ2n) is 5.22. The maximum Gasteiger partial charge on any atom is 0.329 e. The summed E-state index contributed by atoms with van der Waals surface area (Å²) in [6.45, 7) is 1.51. The highest BCUT2D eigenvalue weighted by atomic mass is 16.5. The summed E-state index contributed by atoms with van der Waals surface area (Å²) in [6, 6.07) is 0. The molecule has 2 N–H and O–H groups in total. The fraction of sp³-hybridized carbons (Fsp3) is 0.846. The molecular formula is C13H21NO5. The number of carboxylic acids is 1. The Bertz CT molecular complexity index is 332. The van der Waals surface area contributed by atoms with Gasteiger partial charge in [0.2, 0.25) is 5.91 Å². The second kappa shape index (κ2) is 6.34. The molecule has 6 nitrogen and oxygen atoms in total. The summed E-state index contributed by atoms with van der Waals surface area (Å²) in [7, 11) is 0. The molecule has 0 aromatic rings. The molecule has 0 aromatic heterocycles. The lowest BCUT2D eigenvalue weighted by atomic mass is 9.90. The molecular weight excluding hydrogens is 250 g/mol. The van der Waals surface area contributed by atoms with Crippen LogP contribution in [-0.4, -0.2) is 48.4 Å². The monoisotopic (exact) mass is 271 g/mol. The summed E-state index contributed by atoms with van der Waals surface area (Å²) in [4.78, 5) is 23.3. The molecule has 6 heteroatoms. The molecule has 2 aliphatic rings. The Morgan fingerprint density at radius 2 is 2.00 bits per heavy atom. The van der Waals surface area contributed by atoms with E-state index in [1.165, 1.54) is 0 Å². The van der Waals surface area contributed by atoms with E-state index in [0.717, 1.165) is 19.4 Å². The number of carboxylic acid groups (broad SMARTS) is 1. The molecule has 108 valence electrons. The molecule has 0 aromatic carbocycles. The Kier molecular flexibility index (Phi) is 4.76. The van der Waals surface area contributed by atoms with Crippen LogP contribution >= 0.6 is 0 Å². The Labute approximate surface area is 112 Å². The highest BCUT2D eigenvalue weighted by molar-refractivity contribution is 5.87. The molecule has 0 bridgehead atoms. The molecule has 1 atom stereocenters. The van der Waals surface area contributed by atoms with Crippen molar-refractivity contribution in [2.75, 3.05) is 19.8 Å². The number of carbonyl (C=O) groups is 2. The lowest BCUT2D eigenvalue weighted by molar-refractivity contribution is -0.152. The first-order valence-electron chi connectivity index (χ1n) is 6.86. The first-order valence-corrected chi connectivity index (χ1v) is 6.86. The van der Waals surface area contributed by atoms with Gasteiger partial charge in [-0.05, 0) is 19.3 Å². The number of hydrogen-bond donors (Lipinski definition) is 2. The topological polar surface area (TPSA) is 84.9 Å². The van der Waals surface area contributed by atoms with E-state index < -0.39 is 11.5 Å². The lowest BCUT2D eigenvalue weighted by Gasteiger charge is -2.34. The van der Waals surface area contributed by atoms with Crippen LogP contribution in [-0.2, 0) is 19.1 Å². The number of carbonyl (C=O) groups excluding carboxylic acids is 1. The first kappa shape index (κ1) is 14.3. The summed E-state index contributed by atoms with van der Waals surface area (Å²) >= 11 is 0. The predicted octanol–water partition coefficient (Wildman–Crippen LogP) is 0.696. The Morgan fingerprint density at radius 3 is 2.58 bits per heavy atom. The third-order valence-electron chi connectivity index (χ3n) is 3.85. The third-order valence-corrected chi connectivity index (χ3v) is 3.85. The maximum absolute atomic E-state index is 11.9. The second-order valence-corrected chi connectivity index (χ2v) is 5.22. The van der Waals surface area contributed by atoms with Crippen LogP contribution in [0.3, 0.4) is 0 Å². The maximum atomic E-state index is 11.9. The average Bonchev–Trinajstić information content (AvgIpc) is 2.90. The summed E-state index contributed by atoms with van der Waals surface area (Å²) < 4.78 is 10.6. The number of amides is 1. The van der Waals surface area contributed by atoms with Gasteiger partial charge in [0.1, 0.15) is 5.54 Å². The van der Waals surface area contributed by atoms with Crippen LogP contribution in [0.2, 0.25) is 0 Å². The third kappa shape index (κ3) is 3.67. The minimum Gasteiger partial charge on any atom is -0.480 e. The molecule has 19 heavy (non-hydrogen) atoms. The van der Waals surface area contributed by atoms with Crippen LogP contribution in [0.25, 0.3) is 0 Å². The molecule has 2 rings (SSSR count). The normalized spacial score (nSPS) is 26.0. The largest absolute Gasteiger partial charge is 0.480 e. The van der Waals surface area contributed by atoms with Crippen molar-refractivity contribution in [2.45, 2.75) is 50.2 Å².